The second-order valence-electron chi connectivity index (χ2n) is 4.23. The van der Waals surface area contributed by atoms with E-state index in [1.54, 1.807) is 0 Å². The van der Waals surface area contributed by atoms with Crippen molar-refractivity contribution in [2.75, 3.05) is 13.2 Å². The molecule has 0 amide bonds. The van der Waals surface area contributed by atoms with E-state index >= 15 is 0 Å². The third-order valence-electron chi connectivity index (χ3n) is 2.74. The van der Waals surface area contributed by atoms with Gasteiger partial charge in [0.1, 0.15) is 0 Å². The first kappa shape index (κ1) is 15.2. The van der Waals surface area contributed by atoms with Crippen molar-refractivity contribution in [2.45, 2.75) is 24.9 Å². The normalized spacial score (nSPS) is 34.3. The van der Waals surface area contributed by atoms with Gasteiger partial charge in [0.2, 0.25) is 0 Å². The maximum atomic E-state index is 12.9. The van der Waals surface area contributed by atoms with E-state index < -0.39 is 34.0 Å². The SMILES string of the molecule is FC(F)(F)C1=C(C(F)(F)F)SP23(OCCC(CO2)O3)S1. The molecule has 3 nitrogen and oxygen atoms in total. The van der Waals surface area contributed by atoms with Crippen molar-refractivity contribution in [3.8, 4) is 0 Å². The molecule has 2 saturated heterocycles. The van der Waals surface area contributed by atoms with E-state index in [9.17, 15) is 26.3 Å². The van der Waals surface area contributed by atoms with Crippen LogP contribution in [0, 0.1) is 0 Å². The molecule has 3 aliphatic rings. The molecule has 116 valence electrons. The average molecular weight is 360 g/mol. The Balaban J connectivity index is 2.04. The Labute approximate surface area is 117 Å². The Kier molecular flexibility index (Phi) is 3.20. The molecule has 2 fully saturated rings. The number of fused-ring (bicyclic) bond motifs is 1. The Morgan fingerprint density at radius 3 is 2.00 bits per heavy atom. The Morgan fingerprint density at radius 1 is 0.950 bits per heavy atom. The zero-order chi connectivity index (χ0) is 14.8. The van der Waals surface area contributed by atoms with Gasteiger partial charge in [0.25, 0.3) is 0 Å². The Hall–Kier alpha value is 0.330. The van der Waals surface area contributed by atoms with Crippen LogP contribution in [0.1, 0.15) is 6.42 Å². The summed E-state index contributed by atoms with van der Waals surface area (Å²) in [5.41, 5.74) is -4.48. The van der Waals surface area contributed by atoms with Crippen LogP contribution in [-0.4, -0.2) is 31.7 Å². The van der Waals surface area contributed by atoms with Crippen molar-refractivity contribution in [1.29, 1.82) is 0 Å². The van der Waals surface area contributed by atoms with E-state index in [1.165, 1.54) is 0 Å². The number of hydrogen-bond acceptors (Lipinski definition) is 5. The topological polar surface area (TPSA) is 27.7 Å². The van der Waals surface area contributed by atoms with Crippen LogP contribution in [0.3, 0.4) is 0 Å². The third kappa shape index (κ3) is 2.26. The number of allylic oxidation sites excluding steroid dienone is 2. The molecule has 0 aromatic carbocycles. The molecule has 1 unspecified atom stereocenters. The summed E-state index contributed by atoms with van der Waals surface area (Å²) in [6, 6.07) is 0. The van der Waals surface area contributed by atoms with Crippen LogP contribution in [0.4, 0.5) is 26.3 Å². The number of hydrogen-bond donors (Lipinski definition) is 0. The fraction of sp³-hybridized carbons (Fsp3) is 0.750. The van der Waals surface area contributed by atoms with Gasteiger partial charge < -0.3 is 0 Å². The van der Waals surface area contributed by atoms with E-state index in [1.807, 2.05) is 0 Å². The van der Waals surface area contributed by atoms with Gasteiger partial charge in [0.05, 0.1) is 0 Å². The zero-order valence-electron chi connectivity index (χ0n) is 9.45. The zero-order valence-corrected chi connectivity index (χ0v) is 12.0. The van der Waals surface area contributed by atoms with Gasteiger partial charge in [0.15, 0.2) is 0 Å². The van der Waals surface area contributed by atoms with Gasteiger partial charge in [-0.25, -0.2) is 0 Å². The average Bonchev–Trinajstić information content (AvgIpc) is 2.75. The summed E-state index contributed by atoms with van der Waals surface area (Å²) >= 11 is -0.147. The van der Waals surface area contributed by atoms with Crippen LogP contribution < -0.4 is 0 Å². The first-order valence-corrected chi connectivity index (χ1v) is 10.2. The van der Waals surface area contributed by atoms with Crippen molar-refractivity contribution in [3.63, 3.8) is 0 Å². The van der Waals surface area contributed by atoms with Crippen LogP contribution in [0.15, 0.2) is 9.81 Å². The van der Waals surface area contributed by atoms with Crippen molar-refractivity contribution in [3.05, 3.63) is 9.81 Å². The van der Waals surface area contributed by atoms with Crippen molar-refractivity contribution >= 4 is 28.5 Å². The van der Waals surface area contributed by atoms with Crippen LogP contribution >= 0.6 is 28.5 Å². The molecule has 0 radical (unpaired) electrons. The molecule has 3 rings (SSSR count). The van der Waals surface area contributed by atoms with E-state index in [4.69, 9.17) is 13.6 Å². The third-order valence-corrected chi connectivity index (χ3v) is 12.5. The molecule has 3 heterocycles. The molecule has 0 aromatic rings. The van der Waals surface area contributed by atoms with Gasteiger partial charge in [-0.1, -0.05) is 0 Å². The van der Waals surface area contributed by atoms with Gasteiger partial charge >= 0.3 is 116 Å². The van der Waals surface area contributed by atoms with Gasteiger partial charge in [0, 0.05) is 0 Å². The number of halogens is 6. The predicted molar refractivity (Wildman–Crippen MR) is 62.6 cm³/mol. The fourth-order valence-corrected chi connectivity index (χ4v) is 13.0. The second-order valence-corrected chi connectivity index (χ2v) is 13.2. The summed E-state index contributed by atoms with van der Waals surface area (Å²) in [5.74, 6) is 0. The molecular weight excluding hydrogens is 353 g/mol. The first-order valence-electron chi connectivity index (χ1n) is 5.33. The predicted octanol–water partition coefficient (Wildman–Crippen LogP) is 4.77. The minimum atomic E-state index is -5.13. The molecule has 0 N–H and O–H groups in total. The Morgan fingerprint density at radius 2 is 1.50 bits per heavy atom. The fourth-order valence-electron chi connectivity index (χ4n) is 1.96. The van der Waals surface area contributed by atoms with E-state index in [-0.39, 0.29) is 36.0 Å². The number of rotatable bonds is 0. The molecule has 1 spiro atoms. The molecule has 12 heteroatoms. The molecule has 0 saturated carbocycles. The molecular formula is C8H7F6O3PS2. The molecule has 0 aliphatic carbocycles. The van der Waals surface area contributed by atoms with Crippen molar-refractivity contribution in [1.82, 2.24) is 0 Å². The quantitative estimate of drug-likeness (QED) is 0.458. The standard InChI is InChI=1S/C8H7F6O3PS2/c9-7(10,11)5-6(8(12,13)14)20-18(19-5)15-2-1-4(17-18)3-16-18/h4H,1-3H2. The summed E-state index contributed by atoms with van der Waals surface area (Å²) in [6.07, 6.45) is -10.4. The summed E-state index contributed by atoms with van der Waals surface area (Å²) < 4.78 is 93.0. The van der Waals surface area contributed by atoms with Crippen LogP contribution in [0.2, 0.25) is 0 Å². The van der Waals surface area contributed by atoms with Crippen LogP contribution in [0.5, 0.6) is 0 Å². The summed E-state index contributed by atoms with van der Waals surface area (Å²) in [7, 11) is 0. The molecule has 20 heavy (non-hydrogen) atoms. The van der Waals surface area contributed by atoms with Crippen LogP contribution in [0.25, 0.3) is 0 Å². The first-order chi connectivity index (χ1) is 9.03. The van der Waals surface area contributed by atoms with E-state index in [2.05, 4.69) is 0 Å². The number of alkyl halides is 6. The summed E-state index contributed by atoms with van der Waals surface area (Å²) in [6.45, 7) is -0.0210. The molecule has 1 atom stereocenters. The second kappa shape index (κ2) is 4.20. The monoisotopic (exact) mass is 360 g/mol. The summed E-state index contributed by atoms with van der Waals surface area (Å²) in [4.78, 5) is -3.48. The van der Waals surface area contributed by atoms with Gasteiger partial charge in [-0.05, 0) is 0 Å². The van der Waals surface area contributed by atoms with Crippen LogP contribution in [-0.2, 0) is 13.6 Å². The van der Waals surface area contributed by atoms with Gasteiger partial charge in [-0.3, -0.25) is 0 Å². The molecule has 3 aliphatic heterocycles. The molecule has 2 bridgehead atoms. The van der Waals surface area contributed by atoms with E-state index in [0.29, 0.717) is 6.42 Å². The minimum absolute atomic E-state index is 0.0266. The van der Waals surface area contributed by atoms with Gasteiger partial charge in [-0.2, -0.15) is 0 Å². The van der Waals surface area contributed by atoms with E-state index in [0.717, 1.165) is 0 Å². The van der Waals surface area contributed by atoms with Crippen molar-refractivity contribution in [2.24, 2.45) is 0 Å². The van der Waals surface area contributed by atoms with Gasteiger partial charge in [-0.15, -0.1) is 0 Å². The Bertz CT molecular complexity index is 458. The van der Waals surface area contributed by atoms with Crippen molar-refractivity contribution < 1.29 is 39.9 Å². The summed E-state index contributed by atoms with van der Waals surface area (Å²) in [5, 5.41) is 0. The molecule has 0 aromatic heterocycles. The maximum absolute atomic E-state index is 12.9.